The third-order valence-electron chi connectivity index (χ3n) is 1.71. The number of amides is 2. The molecule has 1 heterocycles. The van der Waals surface area contributed by atoms with Gasteiger partial charge in [-0.25, -0.2) is 9.78 Å². The zero-order valence-electron chi connectivity index (χ0n) is 8.10. The highest BCUT2D eigenvalue weighted by Crippen LogP contribution is 1.92. The lowest BCUT2D eigenvalue weighted by Crippen LogP contribution is -2.38. The van der Waals surface area contributed by atoms with Gasteiger partial charge in [-0.1, -0.05) is 0 Å². The van der Waals surface area contributed by atoms with Crippen molar-refractivity contribution in [3.63, 3.8) is 0 Å². The number of hydrogen-bond acceptors (Lipinski definition) is 3. The van der Waals surface area contributed by atoms with Crippen LogP contribution in [0.25, 0.3) is 0 Å². The highest BCUT2D eigenvalue weighted by molar-refractivity contribution is 5.84. The first-order valence-electron chi connectivity index (χ1n) is 4.09. The van der Waals surface area contributed by atoms with Gasteiger partial charge in [-0.3, -0.25) is 9.36 Å². The van der Waals surface area contributed by atoms with E-state index in [2.05, 4.69) is 10.3 Å². The number of aromatic nitrogens is 2. The number of likely N-dealkylation sites (N-methyl/N-ethyl adjacent to an activating group) is 2. The first-order chi connectivity index (χ1) is 6.65. The van der Waals surface area contributed by atoms with Gasteiger partial charge in [0, 0.05) is 26.5 Å². The molecule has 0 radical (unpaired) electrons. The van der Waals surface area contributed by atoms with Crippen LogP contribution in [0.15, 0.2) is 18.7 Å². The first kappa shape index (κ1) is 10.2. The largest absolute Gasteiger partial charge is 0.358 e. The third kappa shape index (κ3) is 2.32. The molecule has 0 unspecified atom stereocenters. The summed E-state index contributed by atoms with van der Waals surface area (Å²) in [5.41, 5.74) is 0. The van der Waals surface area contributed by atoms with E-state index >= 15 is 0 Å². The fourth-order valence-electron chi connectivity index (χ4n) is 0.931. The number of nitrogens with one attached hydrogen (secondary N) is 1. The van der Waals surface area contributed by atoms with Crippen LogP contribution in [0.2, 0.25) is 0 Å². The maximum atomic E-state index is 11.5. The highest BCUT2D eigenvalue weighted by Gasteiger charge is 2.12. The van der Waals surface area contributed by atoms with Gasteiger partial charge in [-0.2, -0.15) is 0 Å². The number of rotatable bonds is 2. The Morgan fingerprint density at radius 1 is 1.57 bits per heavy atom. The van der Waals surface area contributed by atoms with Gasteiger partial charge in [0.25, 0.3) is 0 Å². The molecule has 0 fully saturated rings. The molecule has 0 spiro atoms. The van der Waals surface area contributed by atoms with Crippen molar-refractivity contribution in [2.75, 3.05) is 20.6 Å². The van der Waals surface area contributed by atoms with E-state index in [0.29, 0.717) is 0 Å². The molecule has 6 heteroatoms. The van der Waals surface area contributed by atoms with Crippen molar-refractivity contribution in [2.45, 2.75) is 0 Å². The van der Waals surface area contributed by atoms with Gasteiger partial charge in [0.1, 0.15) is 12.9 Å². The molecule has 0 saturated carbocycles. The molecule has 6 nitrogen and oxygen atoms in total. The Morgan fingerprint density at radius 2 is 2.29 bits per heavy atom. The standard InChI is InChI=1S/C8H12N4O2/c1-9-7(13)5-11(2)8(14)12-4-3-10-6-12/h3-4,6H,5H2,1-2H3,(H,9,13). The van der Waals surface area contributed by atoms with Crippen LogP contribution in [-0.2, 0) is 4.79 Å². The molecular formula is C8H12N4O2. The van der Waals surface area contributed by atoms with Crippen LogP contribution < -0.4 is 5.32 Å². The van der Waals surface area contributed by atoms with Crippen LogP contribution in [0, 0.1) is 0 Å². The van der Waals surface area contributed by atoms with E-state index in [1.54, 1.807) is 7.05 Å². The minimum atomic E-state index is -0.286. The zero-order chi connectivity index (χ0) is 10.6. The summed E-state index contributed by atoms with van der Waals surface area (Å²) in [6, 6.07) is -0.286. The minimum absolute atomic E-state index is 0.0352. The van der Waals surface area contributed by atoms with E-state index in [-0.39, 0.29) is 18.5 Å². The van der Waals surface area contributed by atoms with E-state index in [4.69, 9.17) is 0 Å². The van der Waals surface area contributed by atoms with Crippen molar-refractivity contribution >= 4 is 11.9 Å². The van der Waals surface area contributed by atoms with Gasteiger partial charge in [-0.05, 0) is 0 Å². The van der Waals surface area contributed by atoms with Crippen LogP contribution in [0.3, 0.4) is 0 Å². The lowest BCUT2D eigenvalue weighted by Gasteiger charge is -2.15. The van der Waals surface area contributed by atoms with E-state index in [1.807, 2.05) is 0 Å². The molecule has 0 saturated heterocycles. The Kier molecular flexibility index (Phi) is 3.22. The second-order valence-electron chi connectivity index (χ2n) is 2.78. The van der Waals surface area contributed by atoms with Gasteiger partial charge >= 0.3 is 6.03 Å². The number of imidazole rings is 1. The molecule has 2 amide bonds. The van der Waals surface area contributed by atoms with Gasteiger partial charge in [0.05, 0.1) is 0 Å². The lowest BCUT2D eigenvalue weighted by atomic mass is 10.5. The summed E-state index contributed by atoms with van der Waals surface area (Å²) >= 11 is 0. The van der Waals surface area contributed by atoms with Gasteiger partial charge in [0.15, 0.2) is 0 Å². The van der Waals surface area contributed by atoms with Crippen molar-refractivity contribution in [1.29, 1.82) is 0 Å². The van der Waals surface area contributed by atoms with E-state index < -0.39 is 0 Å². The molecule has 1 rings (SSSR count). The highest BCUT2D eigenvalue weighted by atomic mass is 16.2. The summed E-state index contributed by atoms with van der Waals surface area (Å²) in [6.07, 6.45) is 4.43. The van der Waals surface area contributed by atoms with Crippen LogP contribution in [0.4, 0.5) is 4.79 Å². The summed E-state index contributed by atoms with van der Waals surface area (Å²) in [5.74, 6) is -0.207. The summed E-state index contributed by atoms with van der Waals surface area (Å²) in [4.78, 5) is 27.5. The molecule has 1 aromatic rings. The zero-order valence-corrected chi connectivity index (χ0v) is 8.10. The molecule has 0 aliphatic rings. The smallest absolute Gasteiger partial charge is 0.329 e. The van der Waals surface area contributed by atoms with Crippen molar-refractivity contribution in [2.24, 2.45) is 0 Å². The molecule has 0 bridgehead atoms. The van der Waals surface area contributed by atoms with E-state index in [0.717, 1.165) is 0 Å². The molecule has 14 heavy (non-hydrogen) atoms. The number of carbonyl (C=O) groups excluding carboxylic acids is 2. The first-order valence-corrected chi connectivity index (χ1v) is 4.09. The van der Waals surface area contributed by atoms with E-state index in [9.17, 15) is 9.59 Å². The minimum Gasteiger partial charge on any atom is -0.358 e. The molecule has 1 aromatic heterocycles. The Morgan fingerprint density at radius 3 is 2.79 bits per heavy atom. The van der Waals surface area contributed by atoms with Gasteiger partial charge in [0.2, 0.25) is 5.91 Å². The van der Waals surface area contributed by atoms with Crippen LogP contribution in [-0.4, -0.2) is 47.0 Å². The molecule has 0 atom stereocenters. The Labute approximate surface area is 81.5 Å². The quantitative estimate of drug-likeness (QED) is 0.695. The van der Waals surface area contributed by atoms with Crippen molar-refractivity contribution < 1.29 is 9.59 Å². The maximum absolute atomic E-state index is 11.5. The number of nitrogens with zero attached hydrogens (tertiary/aromatic N) is 3. The Hall–Kier alpha value is -1.85. The molecule has 76 valence electrons. The molecule has 1 N–H and O–H groups in total. The van der Waals surface area contributed by atoms with Crippen LogP contribution >= 0.6 is 0 Å². The fraction of sp³-hybridized carbons (Fsp3) is 0.375. The SMILES string of the molecule is CNC(=O)CN(C)C(=O)n1ccnc1. The normalized spacial score (nSPS) is 9.57. The summed E-state index contributed by atoms with van der Waals surface area (Å²) < 4.78 is 1.31. The van der Waals surface area contributed by atoms with Crippen molar-refractivity contribution in [3.05, 3.63) is 18.7 Å². The van der Waals surface area contributed by atoms with Crippen LogP contribution in [0.5, 0.6) is 0 Å². The molecule has 0 aliphatic carbocycles. The van der Waals surface area contributed by atoms with Crippen molar-refractivity contribution in [1.82, 2.24) is 19.8 Å². The lowest BCUT2D eigenvalue weighted by molar-refractivity contribution is -0.120. The fourth-order valence-corrected chi connectivity index (χ4v) is 0.931. The Balaban J connectivity index is 2.58. The molecular weight excluding hydrogens is 184 g/mol. The van der Waals surface area contributed by atoms with Crippen LogP contribution in [0.1, 0.15) is 0 Å². The average molecular weight is 196 g/mol. The summed E-state index contributed by atoms with van der Waals surface area (Å²) in [6.45, 7) is 0.0352. The predicted octanol–water partition coefficient (Wildman–Crippen LogP) is -0.471. The monoisotopic (exact) mass is 196 g/mol. The second kappa shape index (κ2) is 4.40. The Bertz CT molecular complexity index is 320. The molecule has 0 aliphatic heterocycles. The van der Waals surface area contributed by atoms with Crippen molar-refractivity contribution in [3.8, 4) is 0 Å². The van der Waals surface area contributed by atoms with E-state index in [1.165, 1.54) is 35.2 Å². The molecule has 0 aromatic carbocycles. The van der Waals surface area contributed by atoms with Gasteiger partial charge in [-0.15, -0.1) is 0 Å². The summed E-state index contributed by atoms with van der Waals surface area (Å²) in [7, 11) is 3.08. The average Bonchev–Trinajstić information content (AvgIpc) is 2.69. The topological polar surface area (TPSA) is 67.2 Å². The third-order valence-corrected chi connectivity index (χ3v) is 1.71. The van der Waals surface area contributed by atoms with Gasteiger partial charge < -0.3 is 10.2 Å². The summed E-state index contributed by atoms with van der Waals surface area (Å²) in [5, 5.41) is 2.44. The second-order valence-corrected chi connectivity index (χ2v) is 2.78. The number of hydrogen-bond donors (Lipinski definition) is 1. The maximum Gasteiger partial charge on any atom is 0.329 e. The predicted molar refractivity (Wildman–Crippen MR) is 49.7 cm³/mol. The number of carbonyl (C=O) groups is 2.